The largest absolute Gasteiger partial charge is 0.426 e. The second-order valence-electron chi connectivity index (χ2n) is 6.49. The predicted octanol–water partition coefficient (Wildman–Crippen LogP) is 6.15. The number of unbranched alkanes of at least 4 members (excludes halogenated alkanes) is 6. The van der Waals surface area contributed by atoms with Gasteiger partial charge in [0.25, 0.3) is 0 Å². The van der Waals surface area contributed by atoms with Crippen LogP contribution in [0.3, 0.4) is 0 Å². The van der Waals surface area contributed by atoms with Crippen LogP contribution >= 0.6 is 0 Å². The molecule has 0 spiro atoms. The van der Waals surface area contributed by atoms with E-state index in [9.17, 15) is 4.79 Å². The highest BCUT2D eigenvalue weighted by atomic mass is 16.5. The van der Waals surface area contributed by atoms with Crippen LogP contribution in [0.5, 0.6) is 5.75 Å². The van der Waals surface area contributed by atoms with Crippen LogP contribution in [0, 0.1) is 5.41 Å². The molecule has 0 N–H and O–H groups in total. The van der Waals surface area contributed by atoms with Crippen LogP contribution in [-0.2, 0) is 4.79 Å². The maximum atomic E-state index is 12.4. The maximum absolute atomic E-state index is 12.4. The first kappa shape index (κ1) is 18.7. The molecule has 0 heterocycles. The van der Waals surface area contributed by atoms with Crippen molar-refractivity contribution < 1.29 is 9.53 Å². The maximum Gasteiger partial charge on any atom is 0.317 e. The van der Waals surface area contributed by atoms with Crippen molar-refractivity contribution in [2.45, 2.75) is 78.6 Å². The van der Waals surface area contributed by atoms with E-state index in [-0.39, 0.29) is 11.4 Å². The number of rotatable bonds is 11. The average molecular weight is 304 g/mol. The molecule has 0 radical (unpaired) electrons. The quantitative estimate of drug-likeness (QED) is 0.278. The summed E-state index contributed by atoms with van der Waals surface area (Å²) in [4.78, 5) is 12.4. The molecule has 1 aromatic rings. The lowest BCUT2D eigenvalue weighted by atomic mass is 9.82. The topological polar surface area (TPSA) is 26.3 Å². The van der Waals surface area contributed by atoms with E-state index in [2.05, 4.69) is 13.8 Å². The highest BCUT2D eigenvalue weighted by Gasteiger charge is 2.32. The van der Waals surface area contributed by atoms with Crippen molar-refractivity contribution in [3.05, 3.63) is 30.3 Å². The molecular formula is C20H32O2. The third-order valence-corrected chi connectivity index (χ3v) is 4.56. The van der Waals surface area contributed by atoms with Crippen molar-refractivity contribution in [1.29, 1.82) is 0 Å². The van der Waals surface area contributed by atoms with Crippen molar-refractivity contribution in [1.82, 2.24) is 0 Å². The Morgan fingerprint density at radius 1 is 0.955 bits per heavy atom. The third kappa shape index (κ3) is 6.64. The minimum absolute atomic E-state index is 0.0906. The highest BCUT2D eigenvalue weighted by Crippen LogP contribution is 2.31. The Labute approximate surface area is 136 Å². The van der Waals surface area contributed by atoms with Crippen LogP contribution in [0.15, 0.2) is 30.3 Å². The van der Waals surface area contributed by atoms with Gasteiger partial charge < -0.3 is 4.74 Å². The van der Waals surface area contributed by atoms with Gasteiger partial charge in [-0.3, -0.25) is 4.79 Å². The van der Waals surface area contributed by atoms with Gasteiger partial charge in [-0.25, -0.2) is 0 Å². The van der Waals surface area contributed by atoms with Crippen molar-refractivity contribution >= 4 is 5.97 Å². The first-order valence-corrected chi connectivity index (χ1v) is 8.89. The molecule has 0 saturated heterocycles. The van der Waals surface area contributed by atoms with Gasteiger partial charge in [-0.1, -0.05) is 77.0 Å². The third-order valence-electron chi connectivity index (χ3n) is 4.56. The summed E-state index contributed by atoms with van der Waals surface area (Å²) in [5, 5.41) is 0. The Hall–Kier alpha value is -1.31. The minimum Gasteiger partial charge on any atom is -0.426 e. The molecule has 0 aliphatic heterocycles. The van der Waals surface area contributed by atoms with Crippen molar-refractivity contribution in [3.8, 4) is 5.75 Å². The van der Waals surface area contributed by atoms with Gasteiger partial charge in [0, 0.05) is 0 Å². The summed E-state index contributed by atoms with van der Waals surface area (Å²) in [5.74, 6) is 0.555. The monoisotopic (exact) mass is 304 g/mol. The highest BCUT2D eigenvalue weighted by molar-refractivity contribution is 5.78. The lowest BCUT2D eigenvalue weighted by Gasteiger charge is -2.25. The normalized spacial score (nSPS) is 13.6. The molecule has 1 atom stereocenters. The van der Waals surface area contributed by atoms with Crippen molar-refractivity contribution in [3.63, 3.8) is 0 Å². The van der Waals surface area contributed by atoms with Crippen LogP contribution in [0.1, 0.15) is 78.6 Å². The number of ether oxygens (including phenoxy) is 1. The van der Waals surface area contributed by atoms with Gasteiger partial charge in [-0.2, -0.15) is 0 Å². The molecule has 1 aromatic carbocycles. The van der Waals surface area contributed by atoms with Crippen molar-refractivity contribution in [2.24, 2.45) is 5.41 Å². The molecule has 22 heavy (non-hydrogen) atoms. The van der Waals surface area contributed by atoms with Gasteiger partial charge in [-0.15, -0.1) is 0 Å². The fourth-order valence-electron chi connectivity index (χ4n) is 2.61. The first-order chi connectivity index (χ1) is 10.6. The van der Waals surface area contributed by atoms with Gasteiger partial charge in [-0.05, 0) is 31.9 Å². The minimum atomic E-state index is -0.362. The van der Waals surface area contributed by atoms with Gasteiger partial charge in [0.2, 0.25) is 0 Å². The molecule has 0 aliphatic carbocycles. The summed E-state index contributed by atoms with van der Waals surface area (Å²) in [7, 11) is 0. The van der Waals surface area contributed by atoms with Crippen LogP contribution in [0.4, 0.5) is 0 Å². The van der Waals surface area contributed by atoms with E-state index >= 15 is 0 Å². The van der Waals surface area contributed by atoms with Gasteiger partial charge in [0.15, 0.2) is 0 Å². The molecule has 0 saturated carbocycles. The fourth-order valence-corrected chi connectivity index (χ4v) is 2.61. The molecule has 0 aliphatic rings. The molecule has 0 fully saturated rings. The lowest BCUT2D eigenvalue weighted by molar-refractivity contribution is -0.145. The smallest absolute Gasteiger partial charge is 0.317 e. The SMILES string of the molecule is CCCCCCCCCC(C)(CC)C(=O)Oc1ccccc1. The van der Waals surface area contributed by atoms with E-state index in [1.54, 1.807) is 0 Å². The lowest BCUT2D eigenvalue weighted by Crippen LogP contribution is -2.31. The number of hydrogen-bond donors (Lipinski definition) is 0. The Morgan fingerprint density at radius 3 is 2.14 bits per heavy atom. The van der Waals surface area contributed by atoms with E-state index < -0.39 is 0 Å². The van der Waals surface area contributed by atoms with Gasteiger partial charge >= 0.3 is 5.97 Å². The second-order valence-corrected chi connectivity index (χ2v) is 6.49. The number of esters is 1. The Bertz CT molecular complexity index is 413. The molecule has 2 nitrogen and oxygen atoms in total. The zero-order valence-corrected chi connectivity index (χ0v) is 14.6. The number of hydrogen-bond acceptors (Lipinski definition) is 2. The standard InChI is InChI=1S/C20H32O2/c1-4-6-7-8-9-10-14-17-20(3,5-2)19(21)22-18-15-12-11-13-16-18/h11-13,15-16H,4-10,14,17H2,1-3H3. The molecule has 0 amide bonds. The van der Waals surface area contributed by atoms with Crippen LogP contribution in [-0.4, -0.2) is 5.97 Å². The summed E-state index contributed by atoms with van der Waals surface area (Å²) >= 11 is 0. The zero-order valence-electron chi connectivity index (χ0n) is 14.6. The number of carbonyl (C=O) groups excluding carboxylic acids is 1. The van der Waals surface area contributed by atoms with Crippen LogP contribution in [0.2, 0.25) is 0 Å². The van der Waals surface area contributed by atoms with E-state index in [0.29, 0.717) is 5.75 Å². The Balaban J connectivity index is 2.34. The molecule has 0 aromatic heterocycles. The molecular weight excluding hydrogens is 272 g/mol. The second kappa shape index (κ2) is 10.4. The molecule has 1 rings (SSSR count). The average Bonchev–Trinajstić information content (AvgIpc) is 2.54. The van der Waals surface area contributed by atoms with Crippen LogP contribution in [0.25, 0.3) is 0 Å². The summed E-state index contributed by atoms with van der Waals surface area (Å²) in [6.45, 7) is 6.36. The summed E-state index contributed by atoms with van der Waals surface area (Å²) < 4.78 is 5.54. The van der Waals surface area contributed by atoms with E-state index in [1.165, 1.54) is 38.5 Å². The number of carbonyl (C=O) groups is 1. The Morgan fingerprint density at radius 2 is 1.55 bits per heavy atom. The number of benzene rings is 1. The summed E-state index contributed by atoms with van der Waals surface area (Å²) in [6.07, 6.45) is 10.7. The van der Waals surface area contributed by atoms with E-state index in [1.807, 2.05) is 37.3 Å². The van der Waals surface area contributed by atoms with Gasteiger partial charge in [0.1, 0.15) is 5.75 Å². The van der Waals surface area contributed by atoms with E-state index in [4.69, 9.17) is 4.74 Å². The Kier molecular flexibility index (Phi) is 8.88. The first-order valence-electron chi connectivity index (χ1n) is 8.89. The summed E-state index contributed by atoms with van der Waals surface area (Å²) in [5.41, 5.74) is -0.362. The van der Waals surface area contributed by atoms with Crippen molar-refractivity contribution in [2.75, 3.05) is 0 Å². The molecule has 0 bridgehead atoms. The van der Waals surface area contributed by atoms with Gasteiger partial charge in [0.05, 0.1) is 5.41 Å². The predicted molar refractivity (Wildman–Crippen MR) is 93.1 cm³/mol. The molecule has 1 unspecified atom stereocenters. The van der Waals surface area contributed by atoms with E-state index in [0.717, 1.165) is 19.3 Å². The van der Waals surface area contributed by atoms with Crippen LogP contribution < -0.4 is 4.74 Å². The summed E-state index contributed by atoms with van der Waals surface area (Å²) in [6, 6.07) is 9.38. The number of para-hydroxylation sites is 1. The molecule has 2 heteroatoms. The zero-order chi connectivity index (χ0) is 16.3. The fraction of sp³-hybridized carbons (Fsp3) is 0.650. The molecule has 124 valence electrons.